The summed E-state index contributed by atoms with van der Waals surface area (Å²) >= 11 is 0. The summed E-state index contributed by atoms with van der Waals surface area (Å²) in [5, 5.41) is 0. The molecule has 2 fully saturated rings. The van der Waals surface area contributed by atoms with Crippen molar-refractivity contribution in [3.05, 3.63) is 30.1 Å². The van der Waals surface area contributed by atoms with E-state index in [2.05, 4.69) is 26.3 Å². The average molecular weight is 345 g/mol. The number of rotatable bonds is 4. The number of carbonyl (C=O) groups is 1. The Labute approximate surface area is 149 Å². The quantitative estimate of drug-likeness (QED) is 0.758. The van der Waals surface area contributed by atoms with E-state index in [1.807, 2.05) is 17.9 Å². The normalized spacial score (nSPS) is 19.6. The third-order valence-electron chi connectivity index (χ3n) is 4.62. The highest BCUT2D eigenvalue weighted by molar-refractivity contribution is 5.92. The lowest BCUT2D eigenvalue weighted by Gasteiger charge is -2.27. The highest BCUT2D eigenvalue weighted by Gasteiger charge is 2.23. The van der Waals surface area contributed by atoms with Gasteiger partial charge in [-0.3, -0.25) is 9.69 Å². The van der Waals surface area contributed by atoms with Gasteiger partial charge in [-0.05, 0) is 19.4 Å². The van der Waals surface area contributed by atoms with Crippen molar-refractivity contribution in [2.24, 2.45) is 0 Å². The molecular weight excluding hydrogens is 318 g/mol. The van der Waals surface area contributed by atoms with Gasteiger partial charge in [-0.15, -0.1) is 6.58 Å². The number of aromatic nitrogens is 2. The first-order valence-corrected chi connectivity index (χ1v) is 8.98. The van der Waals surface area contributed by atoms with Crippen LogP contribution in [0.25, 0.3) is 0 Å². The molecule has 136 valence electrons. The predicted octanol–water partition coefficient (Wildman–Crippen LogP) is 0.956. The molecule has 1 aromatic heterocycles. The van der Waals surface area contributed by atoms with Crippen molar-refractivity contribution >= 4 is 11.9 Å². The number of hydrogen-bond donors (Lipinski definition) is 0. The van der Waals surface area contributed by atoms with Crippen molar-refractivity contribution in [1.29, 1.82) is 0 Å². The molecule has 1 amide bonds. The van der Waals surface area contributed by atoms with Gasteiger partial charge in [0.25, 0.3) is 5.91 Å². The van der Waals surface area contributed by atoms with Gasteiger partial charge >= 0.3 is 0 Å². The van der Waals surface area contributed by atoms with Crippen molar-refractivity contribution in [1.82, 2.24) is 19.8 Å². The first-order valence-electron chi connectivity index (χ1n) is 8.98. The van der Waals surface area contributed by atoms with E-state index >= 15 is 0 Å². The number of hydrogen-bond acceptors (Lipinski definition) is 6. The van der Waals surface area contributed by atoms with E-state index in [1.165, 1.54) is 0 Å². The fourth-order valence-corrected chi connectivity index (χ4v) is 3.27. The van der Waals surface area contributed by atoms with Crippen LogP contribution in [-0.4, -0.2) is 84.7 Å². The van der Waals surface area contributed by atoms with Crippen LogP contribution in [0.15, 0.2) is 18.7 Å². The van der Waals surface area contributed by atoms with Gasteiger partial charge in [0, 0.05) is 51.5 Å². The zero-order valence-corrected chi connectivity index (χ0v) is 15.0. The van der Waals surface area contributed by atoms with Crippen molar-refractivity contribution in [3.63, 3.8) is 0 Å². The highest BCUT2D eigenvalue weighted by atomic mass is 16.5. The van der Waals surface area contributed by atoms with Crippen LogP contribution in [0, 0.1) is 6.92 Å². The van der Waals surface area contributed by atoms with Crippen molar-refractivity contribution < 1.29 is 9.53 Å². The van der Waals surface area contributed by atoms with Gasteiger partial charge in [0.2, 0.25) is 5.95 Å². The SMILES string of the molecule is C=CCN1CCCN(C(=O)c2cc(C)nc(N3CCOCC3)n2)CC1. The summed E-state index contributed by atoms with van der Waals surface area (Å²) in [4.78, 5) is 28.3. The summed E-state index contributed by atoms with van der Waals surface area (Å²) in [7, 11) is 0. The van der Waals surface area contributed by atoms with Crippen LogP contribution in [0.5, 0.6) is 0 Å². The summed E-state index contributed by atoms with van der Waals surface area (Å²) in [6.07, 6.45) is 2.89. The molecule has 1 aromatic rings. The molecule has 7 heteroatoms. The molecular formula is C18H27N5O2. The molecule has 2 aliphatic heterocycles. The van der Waals surface area contributed by atoms with E-state index in [4.69, 9.17) is 4.74 Å². The fraction of sp³-hybridized carbons (Fsp3) is 0.611. The summed E-state index contributed by atoms with van der Waals surface area (Å²) in [5.41, 5.74) is 1.31. The Morgan fingerprint density at radius 1 is 1.20 bits per heavy atom. The molecule has 0 N–H and O–H groups in total. The minimum absolute atomic E-state index is 0.000428. The van der Waals surface area contributed by atoms with Gasteiger partial charge < -0.3 is 14.5 Å². The van der Waals surface area contributed by atoms with E-state index in [1.54, 1.807) is 6.07 Å². The first-order chi connectivity index (χ1) is 12.2. The molecule has 7 nitrogen and oxygen atoms in total. The van der Waals surface area contributed by atoms with Crippen LogP contribution < -0.4 is 4.90 Å². The maximum Gasteiger partial charge on any atom is 0.272 e. The second-order valence-electron chi connectivity index (χ2n) is 6.53. The van der Waals surface area contributed by atoms with Crippen molar-refractivity contribution in [3.8, 4) is 0 Å². The lowest BCUT2D eigenvalue weighted by molar-refractivity contribution is 0.0756. The molecule has 3 rings (SSSR count). The van der Waals surface area contributed by atoms with Gasteiger partial charge in [0.15, 0.2) is 0 Å². The van der Waals surface area contributed by atoms with Crippen LogP contribution in [0.4, 0.5) is 5.95 Å². The largest absolute Gasteiger partial charge is 0.378 e. The van der Waals surface area contributed by atoms with Crippen LogP contribution in [0.3, 0.4) is 0 Å². The zero-order chi connectivity index (χ0) is 17.6. The number of nitrogens with zero attached hydrogens (tertiary/aromatic N) is 5. The van der Waals surface area contributed by atoms with Gasteiger partial charge in [-0.1, -0.05) is 6.08 Å². The third-order valence-corrected chi connectivity index (χ3v) is 4.62. The maximum absolute atomic E-state index is 13.0. The molecule has 0 radical (unpaired) electrons. The highest BCUT2D eigenvalue weighted by Crippen LogP contribution is 2.15. The van der Waals surface area contributed by atoms with Crippen molar-refractivity contribution in [2.75, 3.05) is 63.9 Å². The monoisotopic (exact) mass is 345 g/mol. The molecule has 0 unspecified atom stereocenters. The molecule has 2 saturated heterocycles. The van der Waals surface area contributed by atoms with Gasteiger partial charge in [-0.2, -0.15) is 0 Å². The molecule has 3 heterocycles. The minimum Gasteiger partial charge on any atom is -0.378 e. The Bertz CT molecular complexity index is 615. The van der Waals surface area contributed by atoms with Gasteiger partial charge in [-0.25, -0.2) is 9.97 Å². The summed E-state index contributed by atoms with van der Waals surface area (Å²) < 4.78 is 5.38. The average Bonchev–Trinajstić information content (AvgIpc) is 2.87. The standard InChI is InChI=1S/C18H27N5O2/c1-3-5-21-6-4-7-22(9-8-21)17(24)16-14-15(2)19-18(20-16)23-10-12-25-13-11-23/h3,14H,1,4-13H2,2H3. The molecule has 0 aromatic carbocycles. The van der Waals surface area contributed by atoms with Gasteiger partial charge in [0.1, 0.15) is 5.69 Å². The van der Waals surface area contributed by atoms with Crippen LogP contribution in [0.1, 0.15) is 22.6 Å². The smallest absolute Gasteiger partial charge is 0.272 e. The Balaban J connectivity index is 1.72. The summed E-state index contributed by atoms with van der Waals surface area (Å²) in [5.74, 6) is 0.634. The lowest BCUT2D eigenvalue weighted by atomic mass is 10.3. The van der Waals surface area contributed by atoms with Crippen LogP contribution >= 0.6 is 0 Å². The molecule has 25 heavy (non-hydrogen) atoms. The Morgan fingerprint density at radius 2 is 2.00 bits per heavy atom. The molecule has 2 aliphatic rings. The Morgan fingerprint density at radius 3 is 2.76 bits per heavy atom. The predicted molar refractivity (Wildman–Crippen MR) is 97.0 cm³/mol. The summed E-state index contributed by atoms with van der Waals surface area (Å²) in [6.45, 7) is 12.8. The van der Waals surface area contributed by atoms with Crippen LogP contribution in [0.2, 0.25) is 0 Å². The van der Waals surface area contributed by atoms with E-state index < -0.39 is 0 Å². The molecule has 0 bridgehead atoms. The second-order valence-corrected chi connectivity index (χ2v) is 6.53. The number of morpholine rings is 1. The first kappa shape index (κ1) is 17.8. The second kappa shape index (κ2) is 8.40. The lowest BCUT2D eigenvalue weighted by Crippen LogP contribution is -2.39. The topological polar surface area (TPSA) is 61.8 Å². The molecule has 0 saturated carbocycles. The van der Waals surface area contributed by atoms with E-state index in [0.717, 1.165) is 57.9 Å². The number of carbonyl (C=O) groups excluding carboxylic acids is 1. The van der Waals surface area contributed by atoms with E-state index in [9.17, 15) is 4.79 Å². The molecule has 0 aliphatic carbocycles. The van der Waals surface area contributed by atoms with Crippen LogP contribution in [-0.2, 0) is 4.74 Å². The van der Waals surface area contributed by atoms with E-state index in [-0.39, 0.29) is 5.91 Å². The number of anilines is 1. The molecule has 0 spiro atoms. The Kier molecular flexibility index (Phi) is 5.99. The number of ether oxygens (including phenoxy) is 1. The molecule has 0 atom stereocenters. The third kappa shape index (κ3) is 4.55. The van der Waals surface area contributed by atoms with E-state index in [0.29, 0.717) is 24.9 Å². The minimum atomic E-state index is 0.000428. The summed E-state index contributed by atoms with van der Waals surface area (Å²) in [6, 6.07) is 1.79. The van der Waals surface area contributed by atoms with Crippen molar-refractivity contribution in [2.45, 2.75) is 13.3 Å². The van der Waals surface area contributed by atoms with Gasteiger partial charge in [0.05, 0.1) is 13.2 Å². The Hall–Kier alpha value is -1.99. The maximum atomic E-state index is 13.0. The fourth-order valence-electron chi connectivity index (χ4n) is 3.27. The zero-order valence-electron chi connectivity index (χ0n) is 15.0. The number of amides is 1. The number of aryl methyl sites for hydroxylation is 1.